The average molecular weight is 339 g/mol. The van der Waals surface area contributed by atoms with E-state index in [1.807, 2.05) is 30.3 Å². The van der Waals surface area contributed by atoms with Gasteiger partial charge in [-0.05, 0) is 53.9 Å². The largest absolute Gasteiger partial charge is 0.310 e. The number of para-hydroxylation sites is 1. The fourth-order valence-electron chi connectivity index (χ4n) is 3.28. The minimum Gasteiger partial charge on any atom is -0.310 e. The summed E-state index contributed by atoms with van der Waals surface area (Å²) in [5.41, 5.74) is 2.18. The first kappa shape index (κ1) is 16.7. The molecule has 1 aromatic carbocycles. The van der Waals surface area contributed by atoms with Crippen molar-refractivity contribution >= 4 is 22.9 Å². The van der Waals surface area contributed by atoms with Crippen molar-refractivity contribution in [3.63, 3.8) is 0 Å². The number of amides is 1. The summed E-state index contributed by atoms with van der Waals surface area (Å²) in [7, 11) is 0. The number of hydrogen-bond acceptors (Lipinski definition) is 4. The second kappa shape index (κ2) is 8.09. The molecule has 1 aliphatic heterocycles. The van der Waals surface area contributed by atoms with Gasteiger partial charge >= 0.3 is 0 Å². The Labute approximate surface area is 146 Å². The molecule has 1 atom stereocenters. The summed E-state index contributed by atoms with van der Waals surface area (Å²) < 4.78 is 0. The Morgan fingerprint density at radius 1 is 1.33 bits per heavy atom. The number of hydrogen-bond donors (Lipinski definition) is 0. The van der Waals surface area contributed by atoms with Crippen LogP contribution in [0.5, 0.6) is 0 Å². The lowest BCUT2D eigenvalue weighted by atomic mass is 10.1. The normalized spacial score (nSPS) is 17.5. The van der Waals surface area contributed by atoms with Crippen molar-refractivity contribution in [1.29, 1.82) is 5.26 Å². The van der Waals surface area contributed by atoms with Crippen LogP contribution in [0, 0.1) is 11.3 Å². The molecule has 0 aliphatic carbocycles. The molecule has 0 radical (unpaired) electrons. The van der Waals surface area contributed by atoms with Crippen LogP contribution < -0.4 is 4.90 Å². The molecule has 1 aromatic heterocycles. The monoisotopic (exact) mass is 339 g/mol. The van der Waals surface area contributed by atoms with E-state index in [0.29, 0.717) is 25.6 Å². The molecular formula is C19H21N3OS. The Morgan fingerprint density at radius 2 is 2.17 bits per heavy atom. The smallest absolute Gasteiger partial charge is 0.241 e. The lowest BCUT2D eigenvalue weighted by Gasteiger charge is -2.28. The van der Waals surface area contributed by atoms with E-state index < -0.39 is 0 Å². The lowest BCUT2D eigenvalue weighted by molar-refractivity contribution is -0.120. The van der Waals surface area contributed by atoms with E-state index in [9.17, 15) is 4.79 Å². The number of carbonyl (C=O) groups excluding carboxylic acids is 1. The quantitative estimate of drug-likeness (QED) is 0.803. The molecule has 1 unspecified atom stereocenters. The second-order valence-corrected chi connectivity index (χ2v) is 6.75. The number of nitrogens with zero attached hydrogens (tertiary/aromatic N) is 3. The van der Waals surface area contributed by atoms with Crippen molar-refractivity contribution in [2.45, 2.75) is 25.3 Å². The zero-order chi connectivity index (χ0) is 16.8. The van der Waals surface area contributed by atoms with Gasteiger partial charge in [0.15, 0.2) is 0 Å². The van der Waals surface area contributed by atoms with Crippen molar-refractivity contribution in [3.05, 3.63) is 52.7 Å². The Morgan fingerprint density at radius 3 is 2.88 bits per heavy atom. The molecule has 24 heavy (non-hydrogen) atoms. The highest BCUT2D eigenvalue weighted by atomic mass is 32.1. The Kier molecular flexibility index (Phi) is 5.63. The fourth-order valence-corrected chi connectivity index (χ4v) is 3.99. The van der Waals surface area contributed by atoms with Crippen molar-refractivity contribution in [1.82, 2.24) is 4.90 Å². The van der Waals surface area contributed by atoms with E-state index in [2.05, 4.69) is 27.8 Å². The van der Waals surface area contributed by atoms with Gasteiger partial charge in [-0.1, -0.05) is 18.2 Å². The Bertz CT molecular complexity index is 693. The maximum Gasteiger partial charge on any atom is 0.241 e. The van der Waals surface area contributed by atoms with E-state index in [4.69, 9.17) is 5.26 Å². The zero-order valence-electron chi connectivity index (χ0n) is 13.6. The van der Waals surface area contributed by atoms with Crippen LogP contribution in [0.3, 0.4) is 0 Å². The number of benzene rings is 1. The summed E-state index contributed by atoms with van der Waals surface area (Å²) in [6.07, 6.45) is 2.57. The molecule has 5 heteroatoms. The summed E-state index contributed by atoms with van der Waals surface area (Å²) in [5, 5.41) is 13.2. The summed E-state index contributed by atoms with van der Waals surface area (Å²) >= 11 is 1.70. The minimum atomic E-state index is 0.0681. The molecule has 2 aromatic rings. The lowest BCUT2D eigenvalue weighted by Crippen LogP contribution is -2.40. The molecule has 0 bridgehead atoms. The summed E-state index contributed by atoms with van der Waals surface area (Å²) in [6.45, 7) is 1.80. The first-order valence-electron chi connectivity index (χ1n) is 8.28. The number of nitriles is 1. The summed E-state index contributed by atoms with van der Waals surface area (Å²) in [4.78, 5) is 16.9. The third-order valence-corrected chi connectivity index (χ3v) is 5.15. The van der Waals surface area contributed by atoms with Crippen LogP contribution >= 0.6 is 11.3 Å². The standard InChI is InChI=1S/C19H21N3OS/c20-10-5-12-22(17-6-2-1-3-7-17)19(23)14-21-11-4-8-18(21)16-9-13-24-15-16/h1-3,6-7,9,13,15,18H,4-5,8,11-12,14H2. The summed E-state index contributed by atoms with van der Waals surface area (Å²) in [5.74, 6) is 0.0681. The van der Waals surface area contributed by atoms with Gasteiger partial charge in [0, 0.05) is 18.3 Å². The first-order valence-corrected chi connectivity index (χ1v) is 9.22. The molecule has 0 N–H and O–H groups in total. The van der Waals surface area contributed by atoms with E-state index >= 15 is 0 Å². The number of carbonyl (C=O) groups is 1. The van der Waals surface area contributed by atoms with E-state index in [0.717, 1.165) is 25.1 Å². The van der Waals surface area contributed by atoms with Gasteiger partial charge in [0.2, 0.25) is 5.91 Å². The predicted octanol–water partition coefficient (Wildman–Crippen LogP) is 3.83. The Balaban J connectivity index is 1.72. The molecule has 4 nitrogen and oxygen atoms in total. The Hall–Kier alpha value is -2.16. The minimum absolute atomic E-state index is 0.0681. The molecule has 0 saturated carbocycles. The van der Waals surface area contributed by atoms with Crippen LogP contribution in [0.2, 0.25) is 0 Å². The van der Waals surface area contributed by atoms with Crippen molar-refractivity contribution in [2.24, 2.45) is 0 Å². The third kappa shape index (κ3) is 3.84. The van der Waals surface area contributed by atoms with Gasteiger partial charge in [0.05, 0.1) is 19.0 Å². The molecule has 1 amide bonds. The van der Waals surface area contributed by atoms with Crippen LogP contribution in [-0.4, -0.2) is 30.4 Å². The fraction of sp³-hybridized carbons (Fsp3) is 0.368. The molecule has 124 valence electrons. The number of thiophene rings is 1. The van der Waals surface area contributed by atoms with Gasteiger partial charge in [-0.25, -0.2) is 0 Å². The highest BCUT2D eigenvalue weighted by molar-refractivity contribution is 7.07. The third-order valence-electron chi connectivity index (χ3n) is 4.45. The van der Waals surface area contributed by atoms with Crippen molar-refractivity contribution < 1.29 is 4.79 Å². The first-order chi connectivity index (χ1) is 11.8. The van der Waals surface area contributed by atoms with Gasteiger partial charge in [0.1, 0.15) is 0 Å². The van der Waals surface area contributed by atoms with Gasteiger partial charge in [-0.3, -0.25) is 9.69 Å². The highest BCUT2D eigenvalue weighted by Crippen LogP contribution is 2.33. The van der Waals surface area contributed by atoms with Crippen LogP contribution in [0.15, 0.2) is 47.2 Å². The molecular weight excluding hydrogens is 318 g/mol. The molecule has 1 aliphatic rings. The van der Waals surface area contributed by atoms with Gasteiger partial charge < -0.3 is 4.90 Å². The molecule has 2 heterocycles. The van der Waals surface area contributed by atoms with Crippen LogP contribution in [0.1, 0.15) is 30.9 Å². The van der Waals surface area contributed by atoms with Gasteiger partial charge in [0.25, 0.3) is 0 Å². The average Bonchev–Trinajstić information content (AvgIpc) is 3.27. The molecule has 3 rings (SSSR count). The van der Waals surface area contributed by atoms with Crippen molar-refractivity contribution in [3.8, 4) is 6.07 Å². The van der Waals surface area contributed by atoms with Gasteiger partial charge in [-0.2, -0.15) is 16.6 Å². The molecule has 1 saturated heterocycles. The molecule has 0 spiro atoms. The van der Waals surface area contributed by atoms with E-state index in [1.54, 1.807) is 16.2 Å². The van der Waals surface area contributed by atoms with E-state index in [1.165, 1.54) is 5.56 Å². The summed E-state index contributed by atoms with van der Waals surface area (Å²) in [6, 6.07) is 14.3. The number of likely N-dealkylation sites (tertiary alicyclic amines) is 1. The van der Waals surface area contributed by atoms with Crippen LogP contribution in [0.25, 0.3) is 0 Å². The number of anilines is 1. The topological polar surface area (TPSA) is 47.3 Å². The van der Waals surface area contributed by atoms with E-state index in [-0.39, 0.29) is 5.91 Å². The zero-order valence-corrected chi connectivity index (χ0v) is 14.4. The van der Waals surface area contributed by atoms with Crippen LogP contribution in [-0.2, 0) is 4.79 Å². The SMILES string of the molecule is N#CCCN(C(=O)CN1CCCC1c1ccsc1)c1ccccc1. The maximum atomic E-state index is 12.9. The van der Waals surface area contributed by atoms with Gasteiger partial charge in [-0.15, -0.1) is 0 Å². The number of rotatable bonds is 6. The van der Waals surface area contributed by atoms with Crippen LogP contribution in [0.4, 0.5) is 5.69 Å². The highest BCUT2D eigenvalue weighted by Gasteiger charge is 2.29. The second-order valence-electron chi connectivity index (χ2n) is 5.97. The van der Waals surface area contributed by atoms with Crippen molar-refractivity contribution in [2.75, 3.05) is 24.5 Å². The maximum absolute atomic E-state index is 12.9. The molecule has 1 fully saturated rings. The predicted molar refractivity (Wildman–Crippen MR) is 96.9 cm³/mol.